The summed E-state index contributed by atoms with van der Waals surface area (Å²) < 4.78 is 32.3. The van der Waals surface area contributed by atoms with Gasteiger partial charge in [-0.05, 0) is 49.9 Å². The SMILES string of the molecule is Cl.O=C(Nc1ccccc1Oc1cc(F)cc(F)c1)C1CC12CCNCC2. The number of ether oxygens (including phenoxy) is 1. The normalized spacial score (nSPS) is 19.9. The van der Waals surface area contributed by atoms with E-state index in [2.05, 4.69) is 10.6 Å². The average Bonchev–Trinajstić information content (AvgIpc) is 3.29. The van der Waals surface area contributed by atoms with Crippen molar-refractivity contribution in [2.45, 2.75) is 19.3 Å². The Morgan fingerprint density at radius 2 is 1.78 bits per heavy atom. The lowest BCUT2D eigenvalue weighted by Crippen LogP contribution is -2.31. The monoisotopic (exact) mass is 394 g/mol. The summed E-state index contributed by atoms with van der Waals surface area (Å²) in [4.78, 5) is 12.7. The molecule has 0 radical (unpaired) electrons. The number of carbonyl (C=O) groups is 1. The Bertz CT molecular complexity index is 820. The highest BCUT2D eigenvalue weighted by molar-refractivity contribution is 5.96. The lowest BCUT2D eigenvalue weighted by molar-refractivity contribution is -0.118. The highest BCUT2D eigenvalue weighted by Crippen LogP contribution is 2.58. The van der Waals surface area contributed by atoms with Crippen LogP contribution in [0.4, 0.5) is 14.5 Å². The number of benzene rings is 2. The predicted octanol–water partition coefficient (Wildman–Crippen LogP) is 4.51. The van der Waals surface area contributed by atoms with Gasteiger partial charge in [0.2, 0.25) is 5.91 Å². The Morgan fingerprint density at radius 3 is 2.48 bits per heavy atom. The van der Waals surface area contributed by atoms with Crippen molar-refractivity contribution in [1.29, 1.82) is 0 Å². The fraction of sp³-hybridized carbons (Fsp3) is 0.350. The van der Waals surface area contributed by atoms with Crippen LogP contribution in [-0.2, 0) is 4.79 Å². The first-order valence-corrected chi connectivity index (χ1v) is 8.80. The second-order valence-corrected chi connectivity index (χ2v) is 7.06. The van der Waals surface area contributed by atoms with Crippen LogP contribution in [0, 0.1) is 23.0 Å². The molecule has 1 unspecified atom stereocenters. The molecule has 2 fully saturated rings. The summed E-state index contributed by atoms with van der Waals surface area (Å²) in [5, 5.41) is 6.24. The molecule has 27 heavy (non-hydrogen) atoms. The quantitative estimate of drug-likeness (QED) is 0.802. The number of halogens is 3. The topological polar surface area (TPSA) is 50.4 Å². The average molecular weight is 395 g/mol. The zero-order valence-corrected chi connectivity index (χ0v) is 15.5. The molecule has 4 rings (SSSR count). The summed E-state index contributed by atoms with van der Waals surface area (Å²) in [6.07, 6.45) is 2.95. The second-order valence-electron chi connectivity index (χ2n) is 7.06. The van der Waals surface area contributed by atoms with Crippen LogP contribution in [0.3, 0.4) is 0 Å². The van der Waals surface area contributed by atoms with Crippen molar-refractivity contribution in [2.24, 2.45) is 11.3 Å². The molecule has 2 aromatic carbocycles. The highest BCUT2D eigenvalue weighted by Gasteiger charge is 2.57. The molecule has 144 valence electrons. The first-order chi connectivity index (χ1) is 12.6. The molecular weight excluding hydrogens is 374 g/mol. The molecular formula is C20H21ClF2N2O2. The Morgan fingerprint density at radius 1 is 1.11 bits per heavy atom. The Balaban J connectivity index is 0.00000210. The molecule has 0 bridgehead atoms. The molecule has 2 aromatic rings. The van der Waals surface area contributed by atoms with Crippen LogP contribution in [-0.4, -0.2) is 19.0 Å². The first kappa shape index (κ1) is 19.6. The molecule has 1 heterocycles. The first-order valence-electron chi connectivity index (χ1n) is 8.80. The zero-order chi connectivity index (χ0) is 18.1. The number of hydrogen-bond donors (Lipinski definition) is 2. The van der Waals surface area contributed by atoms with Gasteiger partial charge >= 0.3 is 0 Å². The third kappa shape index (κ3) is 4.22. The molecule has 2 aliphatic rings. The minimum atomic E-state index is -0.715. The van der Waals surface area contributed by atoms with Gasteiger partial charge in [-0.3, -0.25) is 4.79 Å². The van der Waals surface area contributed by atoms with Gasteiger partial charge in [0, 0.05) is 24.1 Å². The van der Waals surface area contributed by atoms with Gasteiger partial charge in [-0.1, -0.05) is 12.1 Å². The van der Waals surface area contributed by atoms with Gasteiger partial charge in [-0.2, -0.15) is 0 Å². The molecule has 2 N–H and O–H groups in total. The molecule has 1 amide bonds. The van der Waals surface area contributed by atoms with E-state index in [0.29, 0.717) is 11.4 Å². The maximum atomic E-state index is 13.4. The largest absolute Gasteiger partial charge is 0.455 e. The Hall–Kier alpha value is -2.18. The second kappa shape index (κ2) is 7.82. The van der Waals surface area contributed by atoms with Crippen LogP contribution in [0.25, 0.3) is 0 Å². The Labute approximate surface area is 162 Å². The minimum Gasteiger partial charge on any atom is -0.455 e. The number of carbonyl (C=O) groups excluding carboxylic acids is 1. The molecule has 1 saturated carbocycles. The predicted molar refractivity (Wildman–Crippen MR) is 101 cm³/mol. The number of anilines is 1. The van der Waals surface area contributed by atoms with Gasteiger partial charge in [0.1, 0.15) is 17.4 Å². The number of hydrogen-bond acceptors (Lipinski definition) is 3. The maximum absolute atomic E-state index is 13.4. The van der Waals surface area contributed by atoms with Crippen LogP contribution in [0.2, 0.25) is 0 Å². The van der Waals surface area contributed by atoms with E-state index in [0.717, 1.165) is 50.6 Å². The molecule has 1 aliphatic heterocycles. The Kier molecular flexibility index (Phi) is 5.67. The number of amides is 1. The summed E-state index contributed by atoms with van der Waals surface area (Å²) in [5.41, 5.74) is 0.634. The van der Waals surface area contributed by atoms with E-state index < -0.39 is 11.6 Å². The molecule has 0 aromatic heterocycles. The van der Waals surface area contributed by atoms with Crippen LogP contribution in [0.5, 0.6) is 11.5 Å². The molecule has 1 atom stereocenters. The highest BCUT2D eigenvalue weighted by atomic mass is 35.5. The van der Waals surface area contributed by atoms with Gasteiger partial charge < -0.3 is 15.4 Å². The van der Waals surface area contributed by atoms with E-state index in [1.165, 1.54) is 0 Å². The van der Waals surface area contributed by atoms with Crippen molar-refractivity contribution >= 4 is 24.0 Å². The molecule has 1 spiro atoms. The van der Waals surface area contributed by atoms with E-state index in [1.54, 1.807) is 24.3 Å². The van der Waals surface area contributed by atoms with Crippen LogP contribution in [0.15, 0.2) is 42.5 Å². The zero-order valence-electron chi connectivity index (χ0n) is 14.6. The summed E-state index contributed by atoms with van der Waals surface area (Å²) in [5.74, 6) is -1.03. The number of nitrogens with one attached hydrogen (secondary N) is 2. The summed E-state index contributed by atoms with van der Waals surface area (Å²) in [7, 11) is 0. The van der Waals surface area contributed by atoms with E-state index in [-0.39, 0.29) is 35.4 Å². The fourth-order valence-electron chi connectivity index (χ4n) is 3.79. The van der Waals surface area contributed by atoms with Crippen LogP contribution >= 0.6 is 12.4 Å². The summed E-state index contributed by atoms with van der Waals surface area (Å²) in [6.45, 7) is 1.91. The molecule has 1 saturated heterocycles. The fourth-order valence-corrected chi connectivity index (χ4v) is 3.79. The van der Waals surface area contributed by atoms with Gasteiger partial charge in [0.15, 0.2) is 5.75 Å². The minimum absolute atomic E-state index is 0. The van der Waals surface area contributed by atoms with Crippen molar-refractivity contribution in [3.05, 3.63) is 54.1 Å². The van der Waals surface area contributed by atoms with Gasteiger partial charge in [-0.25, -0.2) is 8.78 Å². The van der Waals surface area contributed by atoms with E-state index in [9.17, 15) is 13.6 Å². The van der Waals surface area contributed by atoms with Crippen molar-refractivity contribution in [1.82, 2.24) is 5.32 Å². The van der Waals surface area contributed by atoms with Crippen molar-refractivity contribution in [2.75, 3.05) is 18.4 Å². The smallest absolute Gasteiger partial charge is 0.228 e. The lowest BCUT2D eigenvalue weighted by Gasteiger charge is -2.23. The molecule has 1 aliphatic carbocycles. The third-order valence-corrected chi connectivity index (χ3v) is 5.31. The van der Waals surface area contributed by atoms with Crippen molar-refractivity contribution < 1.29 is 18.3 Å². The van der Waals surface area contributed by atoms with E-state index >= 15 is 0 Å². The van der Waals surface area contributed by atoms with Gasteiger partial charge in [-0.15, -0.1) is 12.4 Å². The van der Waals surface area contributed by atoms with Gasteiger partial charge in [0.05, 0.1) is 5.69 Å². The standard InChI is InChI=1S/C20H20F2N2O2.ClH/c21-13-9-14(22)11-15(10-13)26-18-4-2-1-3-17(18)24-19(25)16-12-20(16)5-7-23-8-6-20;/h1-4,9-11,16,23H,5-8,12H2,(H,24,25);1H. The number of para-hydroxylation sites is 2. The van der Waals surface area contributed by atoms with Crippen molar-refractivity contribution in [3.8, 4) is 11.5 Å². The van der Waals surface area contributed by atoms with Crippen LogP contribution in [0.1, 0.15) is 19.3 Å². The van der Waals surface area contributed by atoms with Crippen LogP contribution < -0.4 is 15.4 Å². The molecule has 4 nitrogen and oxygen atoms in total. The molecule has 7 heteroatoms. The van der Waals surface area contributed by atoms with E-state index in [1.807, 2.05) is 0 Å². The van der Waals surface area contributed by atoms with E-state index in [4.69, 9.17) is 4.74 Å². The van der Waals surface area contributed by atoms with Crippen molar-refractivity contribution in [3.63, 3.8) is 0 Å². The maximum Gasteiger partial charge on any atom is 0.228 e. The summed E-state index contributed by atoms with van der Waals surface area (Å²) >= 11 is 0. The summed E-state index contributed by atoms with van der Waals surface area (Å²) in [6, 6.07) is 9.89. The number of rotatable bonds is 4. The number of piperidine rings is 1. The lowest BCUT2D eigenvalue weighted by atomic mass is 9.92. The van der Waals surface area contributed by atoms with Gasteiger partial charge in [0.25, 0.3) is 0 Å². The third-order valence-electron chi connectivity index (χ3n) is 5.31.